The maximum atomic E-state index is 12.8. The number of rotatable bonds is 4. The van der Waals surface area contributed by atoms with E-state index in [0.29, 0.717) is 38.8 Å². The Hall–Kier alpha value is -1.80. The number of guanidine groups is 1. The highest BCUT2D eigenvalue weighted by atomic mass is 19.4. The van der Waals surface area contributed by atoms with Gasteiger partial charge in [0.15, 0.2) is 5.96 Å². The highest BCUT2D eigenvalue weighted by Crippen LogP contribution is 2.31. The molecule has 0 bridgehead atoms. The number of benzene rings is 1. The van der Waals surface area contributed by atoms with E-state index < -0.39 is 11.7 Å². The van der Waals surface area contributed by atoms with Gasteiger partial charge in [-0.2, -0.15) is 13.2 Å². The van der Waals surface area contributed by atoms with Crippen molar-refractivity contribution >= 4 is 5.96 Å². The molecule has 0 spiro atoms. The van der Waals surface area contributed by atoms with E-state index >= 15 is 0 Å². The van der Waals surface area contributed by atoms with Crippen LogP contribution in [0.3, 0.4) is 0 Å². The second kappa shape index (κ2) is 8.26. The number of morpholine rings is 1. The van der Waals surface area contributed by atoms with Gasteiger partial charge in [0.2, 0.25) is 0 Å². The fraction of sp³-hybridized carbons (Fsp3) is 0.611. The lowest BCUT2D eigenvalue weighted by molar-refractivity contribution is -0.137. The fourth-order valence-corrected chi connectivity index (χ4v) is 2.82. The number of ether oxygens (including phenoxy) is 1. The van der Waals surface area contributed by atoms with Crippen molar-refractivity contribution in [3.05, 3.63) is 35.4 Å². The molecule has 0 saturated carbocycles. The summed E-state index contributed by atoms with van der Waals surface area (Å²) in [4.78, 5) is 6.58. The average Bonchev–Trinajstić information content (AvgIpc) is 2.54. The van der Waals surface area contributed by atoms with Crippen molar-refractivity contribution in [2.45, 2.75) is 38.5 Å². The summed E-state index contributed by atoms with van der Waals surface area (Å²) in [6, 6.07) is 5.12. The number of hydrogen-bond acceptors (Lipinski definition) is 3. The minimum absolute atomic E-state index is 0.151. The molecule has 1 aromatic carbocycles. The highest BCUT2D eigenvalue weighted by molar-refractivity contribution is 5.78. The predicted octanol–water partition coefficient (Wildman–Crippen LogP) is 2.78. The van der Waals surface area contributed by atoms with Crippen LogP contribution < -0.4 is 11.1 Å². The summed E-state index contributed by atoms with van der Waals surface area (Å²) < 4.78 is 43.8. The minimum atomic E-state index is -4.34. The molecule has 1 fully saturated rings. The van der Waals surface area contributed by atoms with Crippen LogP contribution >= 0.6 is 0 Å². The summed E-state index contributed by atoms with van der Waals surface area (Å²) in [5.74, 6) is 0.322. The lowest BCUT2D eigenvalue weighted by atomic mass is 10.0. The quantitative estimate of drug-likeness (QED) is 0.630. The topological polar surface area (TPSA) is 62.9 Å². The lowest BCUT2D eigenvalue weighted by Gasteiger charge is -2.34. The fourth-order valence-electron chi connectivity index (χ4n) is 2.82. The molecule has 5 nitrogen and oxygen atoms in total. The zero-order chi connectivity index (χ0) is 19.4. The first kappa shape index (κ1) is 20.5. The number of halogens is 3. The number of alkyl halides is 3. The SMILES string of the molecule is CC(C)(C)NC(N)=NCC(c1ccc(C(F)(F)F)cc1)N1CCOCC1. The number of nitrogens with zero attached hydrogens (tertiary/aromatic N) is 2. The van der Waals surface area contributed by atoms with E-state index in [1.165, 1.54) is 12.1 Å². The van der Waals surface area contributed by atoms with Gasteiger partial charge < -0.3 is 15.8 Å². The molecule has 0 amide bonds. The Balaban J connectivity index is 2.19. The highest BCUT2D eigenvalue weighted by Gasteiger charge is 2.31. The van der Waals surface area contributed by atoms with Gasteiger partial charge in [0, 0.05) is 18.6 Å². The van der Waals surface area contributed by atoms with Crippen LogP contribution in [0, 0.1) is 0 Å². The van der Waals surface area contributed by atoms with Crippen LogP contribution in [-0.2, 0) is 10.9 Å². The Morgan fingerprint density at radius 3 is 2.27 bits per heavy atom. The van der Waals surface area contributed by atoms with Gasteiger partial charge in [-0.15, -0.1) is 0 Å². The van der Waals surface area contributed by atoms with Crippen LogP contribution in [0.25, 0.3) is 0 Å². The lowest BCUT2D eigenvalue weighted by Crippen LogP contribution is -2.45. The van der Waals surface area contributed by atoms with Gasteiger partial charge in [-0.05, 0) is 38.5 Å². The Labute approximate surface area is 152 Å². The standard InChI is InChI=1S/C18H27F3N4O/c1-17(2,3)24-16(22)23-12-15(25-8-10-26-11-9-25)13-4-6-14(7-5-13)18(19,20)21/h4-7,15H,8-12H2,1-3H3,(H3,22,23,24). The Bertz CT molecular complexity index is 602. The smallest absolute Gasteiger partial charge is 0.379 e. The van der Waals surface area contributed by atoms with Crippen molar-refractivity contribution < 1.29 is 17.9 Å². The second-order valence-corrected chi connectivity index (χ2v) is 7.38. The maximum Gasteiger partial charge on any atom is 0.416 e. The first-order chi connectivity index (χ1) is 12.1. The molecule has 1 heterocycles. The van der Waals surface area contributed by atoms with E-state index in [4.69, 9.17) is 10.5 Å². The molecular formula is C18H27F3N4O. The maximum absolute atomic E-state index is 12.8. The van der Waals surface area contributed by atoms with E-state index in [9.17, 15) is 13.2 Å². The molecule has 8 heteroatoms. The zero-order valence-corrected chi connectivity index (χ0v) is 15.4. The number of aliphatic imine (C=N–C) groups is 1. The van der Waals surface area contributed by atoms with Gasteiger partial charge in [0.05, 0.1) is 31.4 Å². The van der Waals surface area contributed by atoms with Gasteiger partial charge in [-0.25, -0.2) is 0 Å². The van der Waals surface area contributed by atoms with Crippen LogP contribution in [-0.4, -0.2) is 49.2 Å². The van der Waals surface area contributed by atoms with E-state index in [2.05, 4.69) is 15.2 Å². The molecule has 0 aromatic heterocycles. The molecule has 2 rings (SSSR count). The van der Waals surface area contributed by atoms with Gasteiger partial charge in [-0.3, -0.25) is 9.89 Å². The minimum Gasteiger partial charge on any atom is -0.379 e. The van der Waals surface area contributed by atoms with Crippen molar-refractivity contribution in [2.24, 2.45) is 10.7 Å². The van der Waals surface area contributed by atoms with Crippen LogP contribution in [0.2, 0.25) is 0 Å². The molecular weight excluding hydrogens is 345 g/mol. The van der Waals surface area contributed by atoms with Crippen LogP contribution in [0.15, 0.2) is 29.3 Å². The van der Waals surface area contributed by atoms with Gasteiger partial charge in [0.25, 0.3) is 0 Å². The molecule has 146 valence electrons. The predicted molar refractivity (Wildman–Crippen MR) is 96.0 cm³/mol. The molecule has 26 heavy (non-hydrogen) atoms. The molecule has 1 saturated heterocycles. The molecule has 1 aliphatic heterocycles. The third-order valence-electron chi connectivity index (χ3n) is 4.05. The van der Waals surface area contributed by atoms with Crippen molar-refractivity contribution in [3.63, 3.8) is 0 Å². The number of nitrogens with two attached hydrogens (primary N) is 1. The summed E-state index contributed by atoms with van der Waals surface area (Å²) in [5, 5.41) is 3.09. The van der Waals surface area contributed by atoms with Crippen LogP contribution in [0.1, 0.15) is 37.9 Å². The third kappa shape index (κ3) is 6.17. The van der Waals surface area contributed by atoms with E-state index in [1.54, 1.807) is 0 Å². The van der Waals surface area contributed by atoms with Crippen molar-refractivity contribution in [1.82, 2.24) is 10.2 Å². The van der Waals surface area contributed by atoms with Crippen molar-refractivity contribution in [2.75, 3.05) is 32.8 Å². The van der Waals surface area contributed by atoms with E-state index in [0.717, 1.165) is 17.7 Å². The number of nitrogens with one attached hydrogen (secondary N) is 1. The second-order valence-electron chi connectivity index (χ2n) is 7.38. The summed E-state index contributed by atoms with van der Waals surface area (Å²) in [5.41, 5.74) is 5.86. The first-order valence-electron chi connectivity index (χ1n) is 8.63. The largest absolute Gasteiger partial charge is 0.416 e. The third-order valence-corrected chi connectivity index (χ3v) is 4.05. The molecule has 3 N–H and O–H groups in total. The normalized spacial score (nSPS) is 18.6. The Kier molecular flexibility index (Phi) is 6.52. The van der Waals surface area contributed by atoms with E-state index in [-0.39, 0.29) is 11.6 Å². The van der Waals surface area contributed by atoms with Gasteiger partial charge in [0.1, 0.15) is 0 Å². The summed E-state index contributed by atoms with van der Waals surface area (Å²) >= 11 is 0. The summed E-state index contributed by atoms with van der Waals surface area (Å²) in [6.45, 7) is 8.88. The van der Waals surface area contributed by atoms with Crippen molar-refractivity contribution in [3.8, 4) is 0 Å². The molecule has 1 aromatic rings. The van der Waals surface area contributed by atoms with Crippen LogP contribution in [0.5, 0.6) is 0 Å². The van der Waals surface area contributed by atoms with Gasteiger partial charge in [-0.1, -0.05) is 12.1 Å². The molecule has 0 radical (unpaired) electrons. The molecule has 1 atom stereocenters. The van der Waals surface area contributed by atoms with E-state index in [1.807, 2.05) is 20.8 Å². The van der Waals surface area contributed by atoms with Gasteiger partial charge >= 0.3 is 6.18 Å². The summed E-state index contributed by atoms with van der Waals surface area (Å²) in [7, 11) is 0. The summed E-state index contributed by atoms with van der Waals surface area (Å²) in [6.07, 6.45) is -4.34. The first-order valence-corrected chi connectivity index (χ1v) is 8.63. The zero-order valence-electron chi connectivity index (χ0n) is 15.4. The molecule has 0 aliphatic carbocycles. The molecule has 1 unspecified atom stereocenters. The Morgan fingerprint density at radius 2 is 1.77 bits per heavy atom. The number of hydrogen-bond donors (Lipinski definition) is 2. The van der Waals surface area contributed by atoms with Crippen molar-refractivity contribution in [1.29, 1.82) is 0 Å². The average molecular weight is 372 g/mol. The Morgan fingerprint density at radius 1 is 1.19 bits per heavy atom. The monoisotopic (exact) mass is 372 g/mol. The van der Waals surface area contributed by atoms with Crippen LogP contribution in [0.4, 0.5) is 13.2 Å². The molecule has 1 aliphatic rings.